The van der Waals surface area contributed by atoms with E-state index < -0.39 is 34.8 Å². The number of amides is 1. The van der Waals surface area contributed by atoms with Gasteiger partial charge in [-0.25, -0.2) is 4.79 Å². The highest BCUT2D eigenvalue weighted by Gasteiger charge is 2.70. The van der Waals surface area contributed by atoms with Crippen LogP contribution in [0.5, 0.6) is 0 Å². The zero-order chi connectivity index (χ0) is 37.5. The Hall–Kier alpha value is -2.38. The van der Waals surface area contributed by atoms with Crippen LogP contribution in [0.15, 0.2) is 11.6 Å². The first-order valence-corrected chi connectivity index (χ1v) is 19.6. The summed E-state index contributed by atoms with van der Waals surface area (Å²) in [7, 11) is 0. The Balaban J connectivity index is 1.43. The van der Waals surface area contributed by atoms with E-state index in [4.69, 9.17) is 4.74 Å². The summed E-state index contributed by atoms with van der Waals surface area (Å²) in [6.07, 6.45) is 11.8. The minimum Gasteiger partial charge on any atom is -0.481 e. The second-order valence-corrected chi connectivity index (χ2v) is 20.5. The third-order valence-electron chi connectivity index (χ3n) is 15.7. The average molecular weight is 698 g/mol. The Morgan fingerprint density at radius 3 is 2.08 bits per heavy atom. The van der Waals surface area contributed by atoms with Gasteiger partial charge in [0.15, 0.2) is 0 Å². The number of carbonyl (C=O) groups excluding carboxylic acids is 2. The molecule has 0 aromatic heterocycles. The molecule has 0 radical (unpaired) electrons. The van der Waals surface area contributed by atoms with E-state index in [0.29, 0.717) is 18.3 Å². The maximum atomic E-state index is 14.5. The minimum atomic E-state index is -1.17. The van der Waals surface area contributed by atoms with Gasteiger partial charge in [0.25, 0.3) is 0 Å². The smallest absolute Gasteiger partial charge is 0.326 e. The molecule has 0 saturated heterocycles. The maximum Gasteiger partial charge on any atom is 0.326 e. The van der Waals surface area contributed by atoms with Gasteiger partial charge in [-0.05, 0) is 130 Å². The lowest BCUT2D eigenvalue weighted by atomic mass is 9.32. The summed E-state index contributed by atoms with van der Waals surface area (Å²) in [6, 6.07) is -0.883. The number of carboxylic acids is 2. The molecule has 4 saturated carbocycles. The van der Waals surface area contributed by atoms with E-state index in [1.807, 2.05) is 13.8 Å². The predicted molar refractivity (Wildman–Crippen MR) is 194 cm³/mol. The van der Waals surface area contributed by atoms with Gasteiger partial charge in [0.05, 0.1) is 17.3 Å². The lowest BCUT2D eigenvalue weighted by Gasteiger charge is -2.72. The van der Waals surface area contributed by atoms with Crippen molar-refractivity contribution in [3.05, 3.63) is 11.6 Å². The van der Waals surface area contributed by atoms with Gasteiger partial charge >= 0.3 is 17.9 Å². The second-order valence-electron chi connectivity index (χ2n) is 20.5. The molecule has 4 fully saturated rings. The number of allylic oxidation sites excluding steroid dienone is 1. The molecule has 0 aromatic rings. The predicted octanol–water partition coefficient (Wildman–Crippen LogP) is 8.82. The molecule has 9 atom stereocenters. The van der Waals surface area contributed by atoms with Crippen molar-refractivity contribution in [2.75, 3.05) is 0 Å². The largest absolute Gasteiger partial charge is 0.481 e. The molecule has 0 aromatic carbocycles. The number of nitrogens with one attached hydrogen (secondary N) is 1. The number of rotatable bonds is 9. The number of hydrogen-bond donors (Lipinski definition) is 3. The van der Waals surface area contributed by atoms with E-state index >= 15 is 0 Å². The summed E-state index contributed by atoms with van der Waals surface area (Å²) in [5, 5.41) is 22.7. The van der Waals surface area contributed by atoms with Gasteiger partial charge in [-0.15, -0.1) is 0 Å². The molecule has 0 unspecified atom stereocenters. The van der Waals surface area contributed by atoms with Crippen LogP contribution in [0.2, 0.25) is 0 Å². The van der Waals surface area contributed by atoms with E-state index in [0.717, 1.165) is 64.2 Å². The van der Waals surface area contributed by atoms with Crippen molar-refractivity contribution in [2.45, 2.75) is 165 Å². The van der Waals surface area contributed by atoms with Crippen molar-refractivity contribution < 1.29 is 34.1 Å². The van der Waals surface area contributed by atoms with Crippen LogP contribution in [0, 0.1) is 61.6 Å². The molecular formula is C42H67NO7. The molecule has 282 valence electrons. The van der Waals surface area contributed by atoms with Crippen molar-refractivity contribution in [2.24, 2.45) is 61.6 Å². The van der Waals surface area contributed by atoms with Gasteiger partial charge in [-0.3, -0.25) is 14.4 Å². The number of aliphatic carboxylic acids is 2. The van der Waals surface area contributed by atoms with Gasteiger partial charge in [-0.1, -0.05) is 74.0 Å². The number of ether oxygens (including phenoxy) is 1. The lowest BCUT2D eigenvalue weighted by molar-refractivity contribution is -0.234. The normalized spacial score (nSPS) is 39.4. The SMILES string of the molecule is CC(C)C[C@H](NC(=O)[C@]12CCC(C)(C)C=C1[C@H]1CC[C@@H]3[C@@]4(C)CC[C@H](OC(=O)CC(C)(C)C(=O)O)C(C)(C)[C@@H]4CC[C@@]3(C)[C@]1(C)CC2)C(=O)O. The first-order chi connectivity index (χ1) is 22.9. The van der Waals surface area contributed by atoms with Crippen molar-refractivity contribution in [3.63, 3.8) is 0 Å². The second kappa shape index (κ2) is 12.6. The zero-order valence-electron chi connectivity index (χ0n) is 33.0. The number of fused-ring (bicyclic) bond motifs is 7. The highest BCUT2D eigenvalue weighted by molar-refractivity contribution is 5.90. The third-order valence-corrected chi connectivity index (χ3v) is 15.7. The number of hydrogen-bond acceptors (Lipinski definition) is 5. The van der Waals surface area contributed by atoms with E-state index in [-0.39, 0.29) is 57.3 Å². The van der Waals surface area contributed by atoms with Crippen LogP contribution < -0.4 is 5.32 Å². The van der Waals surface area contributed by atoms with Crippen LogP contribution in [0.4, 0.5) is 0 Å². The summed E-state index contributed by atoms with van der Waals surface area (Å²) in [6.45, 7) is 23.8. The minimum absolute atomic E-state index is 0.00701. The maximum absolute atomic E-state index is 14.5. The Morgan fingerprint density at radius 1 is 0.840 bits per heavy atom. The Morgan fingerprint density at radius 2 is 1.48 bits per heavy atom. The van der Waals surface area contributed by atoms with E-state index in [2.05, 4.69) is 59.9 Å². The van der Waals surface area contributed by atoms with E-state index in [9.17, 15) is 29.4 Å². The van der Waals surface area contributed by atoms with Gasteiger partial charge in [0.2, 0.25) is 5.91 Å². The van der Waals surface area contributed by atoms with Crippen molar-refractivity contribution in [1.29, 1.82) is 0 Å². The van der Waals surface area contributed by atoms with Gasteiger partial charge < -0.3 is 20.3 Å². The summed E-state index contributed by atoms with van der Waals surface area (Å²) in [4.78, 5) is 51.5. The van der Waals surface area contributed by atoms with Gasteiger partial charge in [0, 0.05) is 5.41 Å². The first-order valence-electron chi connectivity index (χ1n) is 19.6. The topological polar surface area (TPSA) is 130 Å². The number of carboxylic acid groups (broad SMARTS) is 2. The fraction of sp³-hybridized carbons (Fsp3) is 0.857. The number of carbonyl (C=O) groups is 4. The third kappa shape index (κ3) is 6.14. The van der Waals surface area contributed by atoms with Crippen LogP contribution >= 0.6 is 0 Å². The molecular weight excluding hydrogens is 630 g/mol. The Kier molecular flexibility index (Phi) is 9.82. The van der Waals surface area contributed by atoms with Crippen LogP contribution in [0.3, 0.4) is 0 Å². The Bertz CT molecular complexity index is 1430. The van der Waals surface area contributed by atoms with Crippen LogP contribution in [0.25, 0.3) is 0 Å². The molecule has 1 amide bonds. The monoisotopic (exact) mass is 697 g/mol. The molecule has 8 nitrogen and oxygen atoms in total. The molecule has 0 aliphatic heterocycles. The fourth-order valence-corrected chi connectivity index (χ4v) is 12.6. The summed E-state index contributed by atoms with van der Waals surface area (Å²) < 4.78 is 6.14. The van der Waals surface area contributed by atoms with Gasteiger partial charge in [-0.2, -0.15) is 0 Å². The zero-order valence-corrected chi connectivity index (χ0v) is 33.0. The van der Waals surface area contributed by atoms with E-state index in [1.54, 1.807) is 13.8 Å². The fourth-order valence-electron chi connectivity index (χ4n) is 12.6. The molecule has 0 heterocycles. The highest BCUT2D eigenvalue weighted by atomic mass is 16.5. The summed E-state index contributed by atoms with van der Waals surface area (Å²) in [5.41, 5.74) is -0.714. The van der Waals surface area contributed by atoms with Crippen LogP contribution in [0.1, 0.15) is 153 Å². The molecule has 0 spiro atoms. The quantitative estimate of drug-likeness (QED) is 0.162. The van der Waals surface area contributed by atoms with Crippen molar-refractivity contribution in [3.8, 4) is 0 Å². The highest BCUT2D eigenvalue weighted by Crippen LogP contribution is 2.76. The average Bonchev–Trinajstić information content (AvgIpc) is 2.97. The first kappa shape index (κ1) is 38.8. The molecule has 5 aliphatic rings. The molecule has 8 heteroatoms. The standard InChI is InChI=1S/C42H67NO7/c1-25(2)22-28(33(45)46)43-34(47)42-20-18-36(3,4)23-27(42)26-12-13-30-39(9)16-15-31(50-32(44)24-37(5,6)35(48)49)38(7,8)29(39)14-17-41(30,11)40(26,10)19-21-42/h23,25-26,28-31H,12-22,24H2,1-11H3,(H,43,47)(H,45,46)(H,48,49)/t26-,28+,29+,30-,31+,39+,40-,41-,42+/m1/s1. The molecule has 50 heavy (non-hydrogen) atoms. The summed E-state index contributed by atoms with van der Waals surface area (Å²) in [5.74, 6) is -1.19. The van der Waals surface area contributed by atoms with Crippen LogP contribution in [-0.2, 0) is 23.9 Å². The number of esters is 1. The van der Waals surface area contributed by atoms with Crippen LogP contribution in [-0.4, -0.2) is 46.2 Å². The Labute approximate surface area is 301 Å². The molecule has 3 N–H and O–H groups in total. The van der Waals surface area contributed by atoms with Crippen molar-refractivity contribution >= 4 is 23.8 Å². The lowest BCUT2D eigenvalue weighted by Crippen LogP contribution is -2.67. The van der Waals surface area contributed by atoms with Gasteiger partial charge in [0.1, 0.15) is 12.1 Å². The van der Waals surface area contributed by atoms with E-state index in [1.165, 1.54) is 5.57 Å². The molecule has 5 rings (SSSR count). The van der Waals surface area contributed by atoms with Crippen molar-refractivity contribution in [1.82, 2.24) is 5.32 Å². The molecule has 5 aliphatic carbocycles. The molecule has 0 bridgehead atoms. The summed E-state index contributed by atoms with van der Waals surface area (Å²) >= 11 is 0.